The van der Waals surface area contributed by atoms with E-state index >= 15 is 0 Å². The maximum Gasteiger partial charge on any atom is 0.246 e. The van der Waals surface area contributed by atoms with Crippen LogP contribution in [0.15, 0.2) is 0 Å². The smallest absolute Gasteiger partial charge is 0.246 e. The number of likely N-dealkylation sites (tertiary alicyclic amines) is 1. The monoisotopic (exact) mass is 142 g/mol. The average Bonchev–Trinajstić information content (AvgIpc) is 2.07. The first-order valence-electron chi connectivity index (χ1n) is 3.12. The summed E-state index contributed by atoms with van der Waals surface area (Å²) in [5, 5.41) is 0. The van der Waals surface area contributed by atoms with E-state index in [-0.39, 0.29) is 17.7 Å². The van der Waals surface area contributed by atoms with Crippen molar-refractivity contribution >= 4 is 11.8 Å². The van der Waals surface area contributed by atoms with Crippen LogP contribution in [0.1, 0.15) is 6.92 Å². The third-order valence-electron chi connectivity index (χ3n) is 1.87. The van der Waals surface area contributed by atoms with Crippen molar-refractivity contribution < 1.29 is 9.59 Å². The van der Waals surface area contributed by atoms with E-state index in [0.29, 0.717) is 0 Å². The summed E-state index contributed by atoms with van der Waals surface area (Å²) in [5.41, 5.74) is 5.39. The van der Waals surface area contributed by atoms with Gasteiger partial charge < -0.3 is 5.73 Å². The van der Waals surface area contributed by atoms with Crippen LogP contribution in [0.4, 0.5) is 0 Å². The maximum absolute atomic E-state index is 11.0. The van der Waals surface area contributed by atoms with Gasteiger partial charge in [0.15, 0.2) is 0 Å². The molecule has 56 valence electrons. The Morgan fingerprint density at radius 1 is 1.40 bits per heavy atom. The first-order chi connectivity index (χ1) is 4.55. The summed E-state index contributed by atoms with van der Waals surface area (Å²) in [6, 6.07) is -0.627. The van der Waals surface area contributed by atoms with Gasteiger partial charge >= 0.3 is 0 Å². The first kappa shape index (κ1) is 7.21. The van der Waals surface area contributed by atoms with E-state index in [1.54, 1.807) is 6.92 Å². The Balaban J connectivity index is 2.89. The van der Waals surface area contributed by atoms with E-state index in [1.165, 1.54) is 7.05 Å². The number of amides is 2. The molecule has 1 rings (SSSR count). The van der Waals surface area contributed by atoms with E-state index in [9.17, 15) is 9.59 Å². The second kappa shape index (κ2) is 2.05. The second-order valence-electron chi connectivity index (χ2n) is 2.55. The number of hydrogen-bond acceptors (Lipinski definition) is 3. The Bertz CT molecular complexity index is 170. The van der Waals surface area contributed by atoms with Gasteiger partial charge in [-0.05, 0) is 0 Å². The third-order valence-corrected chi connectivity index (χ3v) is 1.87. The Morgan fingerprint density at radius 2 is 1.90 bits per heavy atom. The summed E-state index contributed by atoms with van der Waals surface area (Å²) in [7, 11) is 1.45. The predicted molar refractivity (Wildman–Crippen MR) is 34.9 cm³/mol. The number of hydrogen-bond donors (Lipinski definition) is 1. The van der Waals surface area contributed by atoms with Gasteiger partial charge in [0.05, 0.1) is 12.0 Å². The fraction of sp³-hybridized carbons (Fsp3) is 0.667. The summed E-state index contributed by atoms with van der Waals surface area (Å²) < 4.78 is 0. The van der Waals surface area contributed by atoms with Crippen LogP contribution in [0.3, 0.4) is 0 Å². The minimum Gasteiger partial charge on any atom is -0.319 e. The lowest BCUT2D eigenvalue weighted by molar-refractivity contribution is -0.137. The van der Waals surface area contributed by atoms with E-state index in [4.69, 9.17) is 5.73 Å². The van der Waals surface area contributed by atoms with Gasteiger partial charge in [0.25, 0.3) is 0 Å². The fourth-order valence-corrected chi connectivity index (χ4v) is 1.01. The zero-order valence-electron chi connectivity index (χ0n) is 6.00. The van der Waals surface area contributed by atoms with Crippen molar-refractivity contribution in [3.63, 3.8) is 0 Å². The Labute approximate surface area is 59.0 Å². The van der Waals surface area contributed by atoms with Crippen LogP contribution >= 0.6 is 0 Å². The van der Waals surface area contributed by atoms with E-state index in [0.717, 1.165) is 4.90 Å². The summed E-state index contributed by atoms with van der Waals surface area (Å²) in [6.07, 6.45) is 0. The number of likely N-dealkylation sites (N-methyl/N-ethyl adjacent to an activating group) is 1. The quantitative estimate of drug-likeness (QED) is 0.439. The standard InChI is InChI=1S/C6H10N2O2/c1-3-4(7)6(10)8(2)5(3)9/h3-4H,7H2,1-2H3/t3-,4+/m1/s1. The molecule has 0 radical (unpaired) electrons. The van der Waals surface area contributed by atoms with Crippen LogP contribution in [0.25, 0.3) is 0 Å². The Morgan fingerprint density at radius 3 is 2.00 bits per heavy atom. The van der Waals surface area contributed by atoms with Gasteiger partial charge in [-0.3, -0.25) is 14.5 Å². The van der Waals surface area contributed by atoms with Gasteiger partial charge in [0.1, 0.15) is 0 Å². The molecule has 10 heavy (non-hydrogen) atoms. The normalized spacial score (nSPS) is 33.7. The number of imide groups is 1. The van der Waals surface area contributed by atoms with Gasteiger partial charge in [-0.1, -0.05) is 6.92 Å². The van der Waals surface area contributed by atoms with Crippen LogP contribution in [-0.2, 0) is 9.59 Å². The molecule has 1 heterocycles. The summed E-state index contributed by atoms with van der Waals surface area (Å²) >= 11 is 0. The van der Waals surface area contributed by atoms with Gasteiger partial charge in [0, 0.05) is 7.05 Å². The van der Waals surface area contributed by atoms with E-state index in [1.807, 2.05) is 0 Å². The predicted octanol–water partition coefficient (Wildman–Crippen LogP) is -1.05. The van der Waals surface area contributed by atoms with Crippen LogP contribution in [0.5, 0.6) is 0 Å². The molecule has 0 aromatic heterocycles. The molecule has 2 N–H and O–H groups in total. The lowest BCUT2D eigenvalue weighted by Crippen LogP contribution is -2.33. The van der Waals surface area contributed by atoms with Gasteiger partial charge in [0.2, 0.25) is 11.8 Å². The first-order valence-corrected chi connectivity index (χ1v) is 3.12. The molecular formula is C6H10N2O2. The van der Waals surface area contributed by atoms with Gasteiger partial charge in [-0.2, -0.15) is 0 Å². The number of nitrogens with zero attached hydrogens (tertiary/aromatic N) is 1. The van der Waals surface area contributed by atoms with Crippen molar-refractivity contribution in [1.82, 2.24) is 4.90 Å². The number of carbonyl (C=O) groups is 2. The van der Waals surface area contributed by atoms with Crippen LogP contribution in [-0.4, -0.2) is 29.8 Å². The van der Waals surface area contributed by atoms with Crippen LogP contribution in [0.2, 0.25) is 0 Å². The second-order valence-corrected chi connectivity index (χ2v) is 2.55. The molecule has 4 nitrogen and oxygen atoms in total. The minimum atomic E-state index is -0.627. The number of nitrogens with two attached hydrogens (primary N) is 1. The molecular weight excluding hydrogens is 132 g/mol. The Kier molecular flexibility index (Phi) is 1.48. The van der Waals surface area contributed by atoms with Crippen molar-refractivity contribution in [2.45, 2.75) is 13.0 Å². The summed E-state index contributed by atoms with van der Waals surface area (Å²) in [4.78, 5) is 22.9. The molecule has 0 spiro atoms. The molecule has 0 unspecified atom stereocenters. The highest BCUT2D eigenvalue weighted by Crippen LogP contribution is 2.15. The number of rotatable bonds is 0. The van der Waals surface area contributed by atoms with Crippen LogP contribution < -0.4 is 5.73 Å². The lowest BCUT2D eigenvalue weighted by atomic mass is 10.1. The molecule has 0 aromatic carbocycles. The molecule has 1 saturated heterocycles. The largest absolute Gasteiger partial charge is 0.319 e. The maximum atomic E-state index is 11.0. The highest BCUT2D eigenvalue weighted by atomic mass is 16.2. The Hall–Kier alpha value is -0.900. The molecule has 1 aliphatic rings. The van der Waals surface area contributed by atoms with E-state index < -0.39 is 6.04 Å². The average molecular weight is 142 g/mol. The highest BCUT2D eigenvalue weighted by molar-refractivity contribution is 6.06. The summed E-state index contributed by atoms with van der Waals surface area (Å²) in [5.74, 6) is -0.812. The molecule has 2 atom stereocenters. The zero-order chi connectivity index (χ0) is 7.89. The molecule has 0 aliphatic carbocycles. The van der Waals surface area contributed by atoms with Crippen molar-refractivity contribution in [3.8, 4) is 0 Å². The molecule has 0 bridgehead atoms. The van der Waals surface area contributed by atoms with Crippen LogP contribution in [0, 0.1) is 5.92 Å². The molecule has 0 saturated carbocycles. The van der Waals surface area contributed by atoms with Crippen molar-refractivity contribution in [3.05, 3.63) is 0 Å². The summed E-state index contributed by atoms with van der Waals surface area (Å²) in [6.45, 7) is 1.66. The molecule has 4 heteroatoms. The highest BCUT2D eigenvalue weighted by Gasteiger charge is 2.40. The van der Waals surface area contributed by atoms with Gasteiger partial charge in [-0.25, -0.2) is 0 Å². The molecule has 1 fully saturated rings. The SMILES string of the molecule is C[C@H]1C(=O)N(C)C(=O)[C@H]1N. The topological polar surface area (TPSA) is 63.4 Å². The molecule has 0 aromatic rings. The van der Waals surface area contributed by atoms with Crippen molar-refractivity contribution in [1.29, 1.82) is 0 Å². The van der Waals surface area contributed by atoms with Crippen molar-refractivity contribution in [2.24, 2.45) is 11.7 Å². The molecule has 1 aliphatic heterocycles. The number of carbonyl (C=O) groups excluding carboxylic acids is 2. The zero-order valence-corrected chi connectivity index (χ0v) is 6.00. The lowest BCUT2D eigenvalue weighted by Gasteiger charge is -2.03. The minimum absolute atomic E-state index is 0.183. The third kappa shape index (κ3) is 0.724. The van der Waals surface area contributed by atoms with E-state index in [2.05, 4.69) is 0 Å². The van der Waals surface area contributed by atoms with Crippen molar-refractivity contribution in [2.75, 3.05) is 7.05 Å². The molecule has 2 amide bonds. The van der Waals surface area contributed by atoms with Gasteiger partial charge in [-0.15, -0.1) is 0 Å². The fourth-order valence-electron chi connectivity index (χ4n) is 1.01.